The van der Waals surface area contributed by atoms with E-state index in [-0.39, 0.29) is 18.1 Å². The first-order valence-corrected chi connectivity index (χ1v) is 12.8. The lowest BCUT2D eigenvalue weighted by Gasteiger charge is -2.38. The van der Waals surface area contributed by atoms with Crippen LogP contribution in [-0.4, -0.2) is 47.0 Å². The summed E-state index contributed by atoms with van der Waals surface area (Å²) in [7, 11) is 2.13. The Morgan fingerprint density at radius 1 is 1.11 bits per heavy atom. The Hall–Kier alpha value is -2.60. The number of piperidine rings is 1. The van der Waals surface area contributed by atoms with Crippen molar-refractivity contribution in [1.82, 2.24) is 20.1 Å². The Balaban J connectivity index is 1.53. The number of aromatic nitrogens is 1. The average Bonchev–Trinajstić information content (AvgIpc) is 2.86. The maximum atomic E-state index is 13.6. The van der Waals surface area contributed by atoms with Crippen molar-refractivity contribution in [2.24, 2.45) is 0 Å². The van der Waals surface area contributed by atoms with Crippen molar-refractivity contribution >= 4 is 29.2 Å². The predicted molar refractivity (Wildman–Crippen MR) is 144 cm³/mol. The number of amides is 2. The zero-order valence-corrected chi connectivity index (χ0v) is 22.0. The number of carbonyl (C=O) groups excluding carboxylic acids is 1. The minimum absolute atomic E-state index is 0.0869. The third kappa shape index (κ3) is 6.16. The van der Waals surface area contributed by atoms with Crippen molar-refractivity contribution in [2.75, 3.05) is 20.1 Å². The second-order valence-corrected chi connectivity index (χ2v) is 10.1. The maximum Gasteiger partial charge on any atom is 0.318 e. The number of hydrogen-bond acceptors (Lipinski definition) is 3. The van der Waals surface area contributed by atoms with E-state index in [1.807, 2.05) is 36.1 Å². The molecule has 7 heteroatoms. The van der Waals surface area contributed by atoms with E-state index in [2.05, 4.69) is 53.4 Å². The molecule has 3 aromatic rings. The van der Waals surface area contributed by atoms with Gasteiger partial charge in [0.25, 0.3) is 0 Å². The van der Waals surface area contributed by atoms with Crippen molar-refractivity contribution in [2.45, 2.75) is 45.3 Å². The van der Waals surface area contributed by atoms with Crippen molar-refractivity contribution in [3.63, 3.8) is 0 Å². The van der Waals surface area contributed by atoms with Crippen LogP contribution in [0.1, 0.15) is 42.5 Å². The highest BCUT2D eigenvalue weighted by Crippen LogP contribution is 2.38. The summed E-state index contributed by atoms with van der Waals surface area (Å²) in [6.45, 7) is 6.55. The second-order valence-electron chi connectivity index (χ2n) is 9.39. The van der Waals surface area contributed by atoms with Crippen LogP contribution in [0.4, 0.5) is 4.79 Å². The molecule has 0 bridgehead atoms. The minimum Gasteiger partial charge on any atom is -0.331 e. The van der Waals surface area contributed by atoms with Gasteiger partial charge < -0.3 is 15.1 Å². The number of rotatable bonds is 6. The van der Waals surface area contributed by atoms with Gasteiger partial charge in [0.1, 0.15) is 0 Å². The van der Waals surface area contributed by atoms with E-state index in [0.717, 1.165) is 48.2 Å². The Morgan fingerprint density at radius 2 is 1.83 bits per heavy atom. The van der Waals surface area contributed by atoms with Gasteiger partial charge >= 0.3 is 6.03 Å². The lowest BCUT2D eigenvalue weighted by atomic mass is 10.0. The van der Waals surface area contributed by atoms with Crippen molar-refractivity contribution in [1.29, 1.82) is 0 Å². The molecule has 2 heterocycles. The smallest absolute Gasteiger partial charge is 0.318 e. The van der Waals surface area contributed by atoms with E-state index in [4.69, 9.17) is 23.2 Å². The average molecular weight is 511 g/mol. The van der Waals surface area contributed by atoms with Crippen LogP contribution in [0.2, 0.25) is 10.0 Å². The Kier molecular flexibility index (Phi) is 8.32. The van der Waals surface area contributed by atoms with E-state index in [1.165, 1.54) is 5.56 Å². The normalized spacial score (nSPS) is 15.6. The van der Waals surface area contributed by atoms with Crippen molar-refractivity contribution < 1.29 is 4.79 Å². The van der Waals surface area contributed by atoms with E-state index >= 15 is 0 Å². The molecule has 1 aliphatic heterocycles. The maximum absolute atomic E-state index is 13.6. The standard InChI is InChI=1S/C28H32Cl2N4O/c1-19-6-8-21(9-7-19)18-34(23-12-15-33(3)16-13-23)28(35)32-20(2)24-10-11-25(27(30)26(24)29)22-5-4-14-31-17-22/h4-11,14,17,20,23H,12-13,15-16,18H2,1-3H3,(H,32,35). The molecule has 1 N–H and O–H groups in total. The van der Waals surface area contributed by atoms with Gasteiger partial charge in [0.05, 0.1) is 16.1 Å². The Labute approximate surface area is 218 Å². The molecule has 184 valence electrons. The monoisotopic (exact) mass is 510 g/mol. The molecule has 1 unspecified atom stereocenters. The number of aryl methyl sites for hydroxylation is 1. The second kappa shape index (κ2) is 11.4. The zero-order valence-electron chi connectivity index (χ0n) is 20.5. The van der Waals surface area contributed by atoms with Gasteiger partial charge in [-0.15, -0.1) is 0 Å². The number of urea groups is 1. The van der Waals surface area contributed by atoms with Crippen LogP contribution >= 0.6 is 23.2 Å². The third-order valence-corrected chi connectivity index (χ3v) is 7.65. The largest absolute Gasteiger partial charge is 0.331 e. The highest BCUT2D eigenvalue weighted by molar-refractivity contribution is 6.44. The molecule has 1 atom stereocenters. The molecule has 0 saturated carbocycles. The molecular weight excluding hydrogens is 479 g/mol. The number of nitrogens with zero attached hydrogens (tertiary/aromatic N) is 3. The van der Waals surface area contributed by atoms with E-state index < -0.39 is 0 Å². The van der Waals surface area contributed by atoms with Crippen LogP contribution in [0.15, 0.2) is 60.9 Å². The highest BCUT2D eigenvalue weighted by atomic mass is 35.5. The molecule has 0 spiro atoms. The van der Waals surface area contributed by atoms with E-state index in [0.29, 0.717) is 16.6 Å². The lowest BCUT2D eigenvalue weighted by molar-refractivity contribution is 0.125. The summed E-state index contributed by atoms with van der Waals surface area (Å²) in [6.07, 6.45) is 5.39. The molecule has 4 rings (SSSR count). The fourth-order valence-electron chi connectivity index (χ4n) is 4.55. The van der Waals surface area contributed by atoms with Gasteiger partial charge in [-0.25, -0.2) is 4.79 Å². The van der Waals surface area contributed by atoms with Crippen LogP contribution in [0.5, 0.6) is 0 Å². The topological polar surface area (TPSA) is 48.5 Å². The van der Waals surface area contributed by atoms with Crippen LogP contribution in [0.3, 0.4) is 0 Å². The first-order valence-electron chi connectivity index (χ1n) is 12.0. The zero-order chi connectivity index (χ0) is 24.9. The summed E-state index contributed by atoms with van der Waals surface area (Å²) in [5.41, 5.74) is 4.84. The summed E-state index contributed by atoms with van der Waals surface area (Å²) in [6, 6.07) is 15.9. The first-order chi connectivity index (χ1) is 16.8. The Morgan fingerprint density at radius 3 is 2.49 bits per heavy atom. The van der Waals surface area contributed by atoms with E-state index in [9.17, 15) is 4.79 Å². The van der Waals surface area contributed by atoms with Gasteiger partial charge in [-0.1, -0.05) is 71.2 Å². The molecule has 1 fully saturated rings. The molecule has 5 nitrogen and oxygen atoms in total. The van der Waals surface area contributed by atoms with Gasteiger partial charge in [-0.3, -0.25) is 4.98 Å². The summed E-state index contributed by atoms with van der Waals surface area (Å²) in [4.78, 5) is 22.0. The number of pyridine rings is 1. The van der Waals surface area contributed by atoms with E-state index in [1.54, 1.807) is 12.4 Å². The summed E-state index contributed by atoms with van der Waals surface area (Å²) < 4.78 is 0. The Bertz CT molecular complexity index is 1150. The van der Waals surface area contributed by atoms with Gasteiger partial charge in [-0.05, 0) is 64.0 Å². The molecule has 2 amide bonds. The first kappa shape index (κ1) is 25.5. The fourth-order valence-corrected chi connectivity index (χ4v) is 5.16. The van der Waals surface area contributed by atoms with Crippen molar-refractivity contribution in [3.05, 3.63) is 87.7 Å². The number of nitrogens with one attached hydrogen (secondary N) is 1. The number of carbonyl (C=O) groups is 1. The number of halogens is 2. The molecule has 35 heavy (non-hydrogen) atoms. The number of likely N-dealkylation sites (tertiary alicyclic amines) is 1. The lowest BCUT2D eigenvalue weighted by Crippen LogP contribution is -2.50. The SMILES string of the molecule is Cc1ccc(CN(C(=O)NC(C)c2ccc(-c3cccnc3)c(Cl)c2Cl)C2CCN(C)CC2)cc1. The molecule has 1 aromatic heterocycles. The summed E-state index contributed by atoms with van der Waals surface area (Å²) in [5.74, 6) is 0. The third-order valence-electron chi connectivity index (χ3n) is 6.75. The van der Waals surface area contributed by atoms with Crippen molar-refractivity contribution in [3.8, 4) is 11.1 Å². The molecule has 1 aliphatic rings. The molecular formula is C28H32Cl2N4O. The van der Waals surface area contributed by atoms with Gasteiger partial charge in [-0.2, -0.15) is 0 Å². The van der Waals surface area contributed by atoms with Gasteiger partial charge in [0.2, 0.25) is 0 Å². The summed E-state index contributed by atoms with van der Waals surface area (Å²) >= 11 is 13.3. The predicted octanol–water partition coefficient (Wildman–Crippen LogP) is 6.73. The number of hydrogen-bond donors (Lipinski definition) is 1. The van der Waals surface area contributed by atoms with Gasteiger partial charge in [0.15, 0.2) is 0 Å². The molecule has 1 saturated heterocycles. The molecule has 0 aliphatic carbocycles. The summed E-state index contributed by atoms with van der Waals surface area (Å²) in [5, 5.41) is 4.09. The van der Waals surface area contributed by atoms with Crippen LogP contribution in [-0.2, 0) is 6.54 Å². The molecule has 0 radical (unpaired) electrons. The molecule has 2 aromatic carbocycles. The number of benzene rings is 2. The van der Waals surface area contributed by atoms with Gasteiger partial charge in [0, 0.05) is 36.1 Å². The highest BCUT2D eigenvalue weighted by Gasteiger charge is 2.28. The van der Waals surface area contributed by atoms with Crippen LogP contribution in [0.25, 0.3) is 11.1 Å². The van der Waals surface area contributed by atoms with Crippen LogP contribution in [0, 0.1) is 6.92 Å². The minimum atomic E-state index is -0.303. The van der Waals surface area contributed by atoms with Crippen LogP contribution < -0.4 is 5.32 Å². The fraction of sp³-hybridized carbons (Fsp3) is 0.357. The quantitative estimate of drug-likeness (QED) is 0.399.